The number of imide groups is 1. The molecule has 1 aliphatic carbocycles. The SMILES string of the molecule is Cc1cccc(NC(=O)COC(=O)c2cccc(N3C(=O)[C@H]4C[C@H](c5ccccc5)CC[C@H]4C3=O)c2)c1C. The summed E-state index contributed by atoms with van der Waals surface area (Å²) < 4.78 is 5.22. The molecule has 38 heavy (non-hydrogen) atoms. The summed E-state index contributed by atoms with van der Waals surface area (Å²) in [6.07, 6.45) is 2.14. The molecule has 0 spiro atoms. The van der Waals surface area contributed by atoms with Crippen molar-refractivity contribution in [2.75, 3.05) is 16.8 Å². The van der Waals surface area contributed by atoms with Gasteiger partial charge in [-0.15, -0.1) is 0 Å². The second kappa shape index (κ2) is 10.6. The van der Waals surface area contributed by atoms with Crippen molar-refractivity contribution in [2.45, 2.75) is 39.0 Å². The summed E-state index contributed by atoms with van der Waals surface area (Å²) in [7, 11) is 0. The third-order valence-corrected chi connectivity index (χ3v) is 7.75. The van der Waals surface area contributed by atoms with Gasteiger partial charge in [0.1, 0.15) is 0 Å². The van der Waals surface area contributed by atoms with Crippen LogP contribution in [0.1, 0.15) is 52.2 Å². The van der Waals surface area contributed by atoms with Crippen molar-refractivity contribution in [3.8, 4) is 0 Å². The van der Waals surface area contributed by atoms with E-state index in [1.165, 1.54) is 22.6 Å². The van der Waals surface area contributed by atoms with Crippen LogP contribution in [-0.4, -0.2) is 30.3 Å². The van der Waals surface area contributed by atoms with Gasteiger partial charge in [-0.05, 0) is 80.0 Å². The molecule has 0 unspecified atom stereocenters. The average molecular weight is 511 g/mol. The fourth-order valence-electron chi connectivity index (χ4n) is 5.52. The lowest BCUT2D eigenvalue weighted by Crippen LogP contribution is -2.31. The molecule has 3 amide bonds. The summed E-state index contributed by atoms with van der Waals surface area (Å²) in [6, 6.07) is 21.9. The van der Waals surface area contributed by atoms with Gasteiger partial charge < -0.3 is 10.1 Å². The first-order chi connectivity index (χ1) is 18.3. The van der Waals surface area contributed by atoms with Crippen molar-refractivity contribution in [2.24, 2.45) is 11.8 Å². The first-order valence-corrected chi connectivity index (χ1v) is 12.9. The van der Waals surface area contributed by atoms with E-state index in [0.29, 0.717) is 24.2 Å². The molecule has 7 nitrogen and oxygen atoms in total. The maximum atomic E-state index is 13.4. The Morgan fingerprint density at radius 2 is 1.63 bits per heavy atom. The number of carbonyl (C=O) groups is 4. The summed E-state index contributed by atoms with van der Waals surface area (Å²) in [4.78, 5) is 52.9. The van der Waals surface area contributed by atoms with E-state index >= 15 is 0 Å². The van der Waals surface area contributed by atoms with Crippen LogP contribution in [0.25, 0.3) is 0 Å². The molecule has 1 heterocycles. The van der Waals surface area contributed by atoms with E-state index in [1.807, 2.05) is 44.2 Å². The van der Waals surface area contributed by atoms with Crippen LogP contribution in [0.5, 0.6) is 0 Å². The Hall–Kier alpha value is -4.26. The zero-order chi connectivity index (χ0) is 26.8. The molecule has 2 fully saturated rings. The van der Waals surface area contributed by atoms with Crippen molar-refractivity contribution in [1.29, 1.82) is 0 Å². The summed E-state index contributed by atoms with van der Waals surface area (Å²) in [5.74, 6) is -2.07. The predicted octanol–water partition coefficient (Wildman–Crippen LogP) is 5.17. The van der Waals surface area contributed by atoms with E-state index in [2.05, 4.69) is 17.4 Å². The Kier molecular flexibility index (Phi) is 7.09. The normalized spacial score (nSPS) is 20.7. The number of esters is 1. The Balaban J connectivity index is 1.25. The number of anilines is 2. The van der Waals surface area contributed by atoms with Gasteiger partial charge in [0, 0.05) is 5.69 Å². The Morgan fingerprint density at radius 3 is 2.42 bits per heavy atom. The minimum Gasteiger partial charge on any atom is -0.452 e. The highest BCUT2D eigenvalue weighted by Crippen LogP contribution is 2.45. The number of rotatable bonds is 6. The zero-order valence-corrected chi connectivity index (χ0v) is 21.5. The van der Waals surface area contributed by atoms with Gasteiger partial charge in [-0.3, -0.25) is 19.3 Å². The topological polar surface area (TPSA) is 92.8 Å². The lowest BCUT2D eigenvalue weighted by Gasteiger charge is -2.28. The molecule has 1 saturated heterocycles. The minimum absolute atomic E-state index is 0.166. The molecule has 3 aromatic rings. The monoisotopic (exact) mass is 510 g/mol. The van der Waals surface area contributed by atoms with Crippen LogP contribution in [0.2, 0.25) is 0 Å². The van der Waals surface area contributed by atoms with E-state index in [1.54, 1.807) is 18.2 Å². The smallest absolute Gasteiger partial charge is 0.338 e. The number of benzene rings is 3. The van der Waals surface area contributed by atoms with Crippen molar-refractivity contribution in [3.63, 3.8) is 0 Å². The van der Waals surface area contributed by atoms with Gasteiger partial charge >= 0.3 is 5.97 Å². The van der Waals surface area contributed by atoms with E-state index < -0.39 is 18.5 Å². The fraction of sp³-hybridized carbons (Fsp3) is 0.290. The number of aryl methyl sites for hydroxylation is 1. The van der Waals surface area contributed by atoms with Gasteiger partial charge in [0.2, 0.25) is 11.8 Å². The number of carbonyl (C=O) groups excluding carboxylic acids is 4. The number of fused-ring (bicyclic) bond motifs is 1. The third-order valence-electron chi connectivity index (χ3n) is 7.75. The quantitative estimate of drug-likeness (QED) is 0.365. The maximum absolute atomic E-state index is 13.4. The predicted molar refractivity (Wildman–Crippen MR) is 144 cm³/mol. The van der Waals surface area contributed by atoms with Crippen LogP contribution in [0.15, 0.2) is 72.8 Å². The molecule has 0 aromatic heterocycles. The molecule has 7 heteroatoms. The highest BCUT2D eigenvalue weighted by atomic mass is 16.5. The van der Waals surface area contributed by atoms with Gasteiger partial charge in [-0.2, -0.15) is 0 Å². The molecule has 5 rings (SSSR count). The van der Waals surface area contributed by atoms with Gasteiger partial charge in [0.25, 0.3) is 5.91 Å². The molecule has 194 valence electrons. The maximum Gasteiger partial charge on any atom is 0.338 e. The number of amides is 3. The van der Waals surface area contributed by atoms with Crippen LogP contribution in [0, 0.1) is 25.7 Å². The number of nitrogens with one attached hydrogen (secondary N) is 1. The Morgan fingerprint density at radius 1 is 0.895 bits per heavy atom. The molecule has 2 aliphatic rings. The lowest BCUT2D eigenvalue weighted by atomic mass is 9.73. The van der Waals surface area contributed by atoms with E-state index in [0.717, 1.165) is 17.5 Å². The molecule has 3 atom stereocenters. The van der Waals surface area contributed by atoms with Gasteiger partial charge in [-0.1, -0.05) is 48.5 Å². The number of nitrogens with zero attached hydrogens (tertiary/aromatic N) is 1. The summed E-state index contributed by atoms with van der Waals surface area (Å²) in [5.41, 5.74) is 4.35. The van der Waals surface area contributed by atoms with E-state index in [4.69, 9.17) is 4.74 Å². The number of hydrogen-bond acceptors (Lipinski definition) is 5. The van der Waals surface area contributed by atoms with Crippen molar-refractivity contribution < 1.29 is 23.9 Å². The minimum atomic E-state index is -0.705. The first-order valence-electron chi connectivity index (χ1n) is 12.9. The van der Waals surface area contributed by atoms with Crippen LogP contribution < -0.4 is 10.2 Å². The molecule has 1 saturated carbocycles. The lowest BCUT2D eigenvalue weighted by molar-refractivity contribution is -0.122. The molecule has 1 N–H and O–H groups in total. The van der Waals surface area contributed by atoms with Crippen molar-refractivity contribution in [1.82, 2.24) is 0 Å². The second-order valence-corrected chi connectivity index (χ2v) is 10.1. The fourth-order valence-corrected chi connectivity index (χ4v) is 5.52. The summed E-state index contributed by atoms with van der Waals surface area (Å²) >= 11 is 0. The van der Waals surface area contributed by atoms with Gasteiger partial charge in [-0.25, -0.2) is 4.79 Å². The molecule has 3 aromatic carbocycles. The van der Waals surface area contributed by atoms with Gasteiger partial charge in [0.05, 0.1) is 23.1 Å². The molecule has 0 radical (unpaired) electrons. The van der Waals surface area contributed by atoms with Gasteiger partial charge in [0.15, 0.2) is 6.61 Å². The van der Waals surface area contributed by atoms with E-state index in [9.17, 15) is 19.2 Å². The highest BCUT2D eigenvalue weighted by molar-refractivity contribution is 6.22. The average Bonchev–Trinajstić information content (AvgIpc) is 3.19. The number of hydrogen-bond donors (Lipinski definition) is 1. The number of ether oxygens (including phenoxy) is 1. The van der Waals surface area contributed by atoms with Crippen LogP contribution in [0.3, 0.4) is 0 Å². The Labute approximate surface area is 221 Å². The zero-order valence-electron chi connectivity index (χ0n) is 21.5. The summed E-state index contributed by atoms with van der Waals surface area (Å²) in [5, 5.41) is 2.76. The summed E-state index contributed by atoms with van der Waals surface area (Å²) in [6.45, 7) is 3.40. The third kappa shape index (κ3) is 4.96. The standard InChI is InChI=1S/C31H30N2O5/c1-19-8-6-13-27(20(19)2)32-28(34)18-38-31(37)23-11-7-12-24(16-23)33-29(35)25-15-14-22(17-26(25)30(33)36)21-9-4-3-5-10-21/h3-13,16,22,25-26H,14-15,17-18H2,1-2H3,(H,32,34)/t22-,25-,26+/m1/s1. The second-order valence-electron chi connectivity index (χ2n) is 10.1. The van der Waals surface area contributed by atoms with E-state index in [-0.39, 0.29) is 35.1 Å². The largest absolute Gasteiger partial charge is 0.452 e. The Bertz CT molecular complexity index is 1400. The van der Waals surface area contributed by atoms with Crippen molar-refractivity contribution >= 4 is 35.1 Å². The molecule has 0 bridgehead atoms. The highest BCUT2D eigenvalue weighted by Gasteiger charge is 2.50. The van der Waals surface area contributed by atoms with Crippen LogP contribution in [0.4, 0.5) is 11.4 Å². The van der Waals surface area contributed by atoms with Crippen LogP contribution in [-0.2, 0) is 19.1 Å². The molecular formula is C31H30N2O5. The van der Waals surface area contributed by atoms with Crippen molar-refractivity contribution in [3.05, 3.63) is 95.1 Å². The molecule has 1 aliphatic heterocycles. The first kappa shape index (κ1) is 25.4. The van der Waals surface area contributed by atoms with Crippen LogP contribution >= 0.6 is 0 Å². The molecular weight excluding hydrogens is 480 g/mol.